The van der Waals surface area contributed by atoms with Crippen molar-refractivity contribution < 1.29 is 14.6 Å². The van der Waals surface area contributed by atoms with E-state index in [2.05, 4.69) is 4.90 Å². The third-order valence-corrected chi connectivity index (χ3v) is 3.93. The Kier molecular flexibility index (Phi) is 6.77. The Morgan fingerprint density at radius 2 is 2.00 bits per heavy atom. The molecule has 1 saturated heterocycles. The number of aliphatic hydroxyl groups excluding tert-OH is 1. The zero-order valence-electron chi connectivity index (χ0n) is 13.9. The molecule has 126 valence electrons. The van der Waals surface area contributed by atoms with Gasteiger partial charge in [-0.15, -0.1) is 0 Å². The van der Waals surface area contributed by atoms with Crippen LogP contribution in [0.4, 0.5) is 0 Å². The first-order valence-corrected chi connectivity index (χ1v) is 8.02. The van der Waals surface area contributed by atoms with Crippen LogP contribution in [0.5, 0.6) is 0 Å². The molecule has 5 nitrogen and oxygen atoms in total. The number of aliphatic hydroxyl groups is 1. The third kappa shape index (κ3) is 6.14. The van der Waals surface area contributed by atoms with Gasteiger partial charge in [-0.3, -0.25) is 9.69 Å². The summed E-state index contributed by atoms with van der Waals surface area (Å²) in [5, 5.41) is 10.1. The second kappa shape index (κ2) is 8.82. The second-order valence-electron chi connectivity index (χ2n) is 6.03. The molecule has 1 heterocycles. The van der Waals surface area contributed by atoms with Gasteiger partial charge in [-0.2, -0.15) is 0 Å². The number of hydrogen-bond donors (Lipinski definition) is 1. The summed E-state index contributed by atoms with van der Waals surface area (Å²) in [4.78, 5) is 15.8. The number of carbonyl (C=O) groups is 1. The van der Waals surface area contributed by atoms with E-state index in [1.165, 1.54) is 5.56 Å². The normalized spacial score (nSPS) is 17.3. The van der Waals surface area contributed by atoms with Gasteiger partial charge in [0.2, 0.25) is 5.91 Å². The van der Waals surface area contributed by atoms with E-state index in [-0.39, 0.29) is 5.91 Å². The minimum atomic E-state index is -0.546. The monoisotopic (exact) mass is 318 g/mol. The van der Waals surface area contributed by atoms with Gasteiger partial charge in [-0.1, -0.05) is 29.8 Å². The lowest BCUT2D eigenvalue weighted by molar-refractivity contribution is -0.126. The average Bonchev–Trinajstić information content (AvgIpc) is 2.54. The number of carbonyl (C=O) groups excluding carboxylic acids is 1. The lowest BCUT2D eigenvalue weighted by Gasteiger charge is -2.29. The molecule has 1 amide bonds. The predicted molar refractivity (Wildman–Crippen MR) is 91.1 cm³/mol. The number of hydrogen-bond acceptors (Lipinski definition) is 4. The molecule has 0 radical (unpaired) electrons. The number of nitrogens with zero attached hydrogens (tertiary/aromatic N) is 2. The van der Waals surface area contributed by atoms with Gasteiger partial charge in [0.15, 0.2) is 0 Å². The van der Waals surface area contributed by atoms with Gasteiger partial charge < -0.3 is 14.7 Å². The summed E-state index contributed by atoms with van der Waals surface area (Å²) in [7, 11) is 1.71. The molecule has 0 saturated carbocycles. The van der Waals surface area contributed by atoms with E-state index < -0.39 is 6.10 Å². The SMILES string of the molecule is Cc1ccc(C=CC(=O)N(C)CC(O)CN2CCOCC2)cc1. The van der Waals surface area contributed by atoms with E-state index in [1.54, 1.807) is 24.1 Å². The summed E-state index contributed by atoms with van der Waals surface area (Å²) in [6, 6.07) is 7.98. The van der Waals surface area contributed by atoms with Gasteiger partial charge in [0.05, 0.1) is 19.3 Å². The Labute approximate surface area is 138 Å². The van der Waals surface area contributed by atoms with Gasteiger partial charge >= 0.3 is 0 Å². The molecule has 1 aromatic carbocycles. The molecule has 2 rings (SSSR count). The number of morpholine rings is 1. The number of amides is 1. The van der Waals surface area contributed by atoms with Crippen molar-refractivity contribution in [2.75, 3.05) is 46.4 Å². The minimum absolute atomic E-state index is 0.105. The predicted octanol–water partition coefficient (Wildman–Crippen LogP) is 1.16. The van der Waals surface area contributed by atoms with E-state index in [1.807, 2.05) is 31.2 Å². The smallest absolute Gasteiger partial charge is 0.246 e. The zero-order valence-corrected chi connectivity index (χ0v) is 13.9. The van der Waals surface area contributed by atoms with Crippen LogP contribution in [-0.4, -0.2) is 73.4 Å². The van der Waals surface area contributed by atoms with Crippen LogP contribution in [0.2, 0.25) is 0 Å². The number of benzene rings is 1. The highest BCUT2D eigenvalue weighted by molar-refractivity contribution is 5.91. The Hall–Kier alpha value is -1.69. The minimum Gasteiger partial charge on any atom is -0.390 e. The first kappa shape index (κ1) is 17.7. The Bertz CT molecular complexity index is 522. The molecule has 23 heavy (non-hydrogen) atoms. The molecule has 1 aliphatic heterocycles. The van der Waals surface area contributed by atoms with Crippen molar-refractivity contribution in [3.05, 3.63) is 41.5 Å². The maximum atomic E-state index is 12.1. The van der Waals surface area contributed by atoms with Crippen LogP contribution < -0.4 is 0 Å². The molecule has 1 aromatic rings. The van der Waals surface area contributed by atoms with Crippen LogP contribution in [0.3, 0.4) is 0 Å². The number of rotatable bonds is 6. The molecule has 1 N–H and O–H groups in total. The molecular weight excluding hydrogens is 292 g/mol. The Morgan fingerprint density at radius 1 is 1.35 bits per heavy atom. The molecule has 0 aliphatic carbocycles. The standard InChI is InChI=1S/C18H26N2O3/c1-15-3-5-16(6-4-15)7-8-18(22)19(2)13-17(21)14-20-9-11-23-12-10-20/h3-8,17,21H,9-14H2,1-2H3. The summed E-state index contributed by atoms with van der Waals surface area (Å²) in [5.41, 5.74) is 2.18. The maximum Gasteiger partial charge on any atom is 0.246 e. The average molecular weight is 318 g/mol. The highest BCUT2D eigenvalue weighted by Crippen LogP contribution is 2.06. The molecule has 0 bridgehead atoms. The molecule has 0 spiro atoms. The van der Waals surface area contributed by atoms with Crippen molar-refractivity contribution >= 4 is 12.0 Å². The third-order valence-electron chi connectivity index (χ3n) is 3.93. The van der Waals surface area contributed by atoms with Gasteiger partial charge in [-0.25, -0.2) is 0 Å². The lowest BCUT2D eigenvalue weighted by atomic mass is 10.1. The van der Waals surface area contributed by atoms with Crippen LogP contribution in [0.25, 0.3) is 6.08 Å². The highest BCUT2D eigenvalue weighted by atomic mass is 16.5. The molecule has 1 fully saturated rings. The molecule has 1 unspecified atom stereocenters. The first-order valence-electron chi connectivity index (χ1n) is 8.02. The number of likely N-dealkylation sites (N-methyl/N-ethyl adjacent to an activating group) is 1. The summed E-state index contributed by atoms with van der Waals surface area (Å²) in [5.74, 6) is -0.105. The molecule has 0 aromatic heterocycles. The number of aryl methyl sites for hydroxylation is 1. The fourth-order valence-corrected chi connectivity index (χ4v) is 2.52. The van der Waals surface area contributed by atoms with E-state index in [0.29, 0.717) is 26.3 Å². The van der Waals surface area contributed by atoms with Crippen molar-refractivity contribution in [1.29, 1.82) is 0 Å². The maximum absolute atomic E-state index is 12.1. The topological polar surface area (TPSA) is 53.0 Å². The summed E-state index contributed by atoms with van der Waals surface area (Å²) in [6.45, 7) is 6.02. The van der Waals surface area contributed by atoms with Crippen molar-refractivity contribution in [3.63, 3.8) is 0 Å². The Balaban J connectivity index is 1.78. The van der Waals surface area contributed by atoms with Crippen molar-refractivity contribution in [1.82, 2.24) is 9.80 Å². The van der Waals surface area contributed by atoms with E-state index in [9.17, 15) is 9.90 Å². The summed E-state index contributed by atoms with van der Waals surface area (Å²) >= 11 is 0. The fourth-order valence-electron chi connectivity index (χ4n) is 2.52. The van der Waals surface area contributed by atoms with Crippen molar-refractivity contribution in [2.24, 2.45) is 0 Å². The summed E-state index contributed by atoms with van der Waals surface area (Å²) in [6.07, 6.45) is 2.80. The van der Waals surface area contributed by atoms with Crippen molar-refractivity contribution in [2.45, 2.75) is 13.0 Å². The first-order chi connectivity index (χ1) is 11.0. The summed E-state index contributed by atoms with van der Waals surface area (Å²) < 4.78 is 5.28. The fraction of sp³-hybridized carbons (Fsp3) is 0.500. The zero-order chi connectivity index (χ0) is 16.7. The van der Waals surface area contributed by atoms with Gasteiger partial charge in [-0.05, 0) is 18.6 Å². The second-order valence-corrected chi connectivity index (χ2v) is 6.03. The Morgan fingerprint density at radius 3 is 2.65 bits per heavy atom. The highest BCUT2D eigenvalue weighted by Gasteiger charge is 2.17. The van der Waals surface area contributed by atoms with Gasteiger partial charge in [0.1, 0.15) is 0 Å². The molecule has 1 atom stereocenters. The lowest BCUT2D eigenvalue weighted by Crippen LogP contribution is -2.44. The van der Waals surface area contributed by atoms with Crippen LogP contribution in [0.1, 0.15) is 11.1 Å². The van der Waals surface area contributed by atoms with E-state index in [0.717, 1.165) is 18.7 Å². The molecule has 1 aliphatic rings. The van der Waals surface area contributed by atoms with Gasteiger partial charge in [0.25, 0.3) is 0 Å². The van der Waals surface area contributed by atoms with Crippen molar-refractivity contribution in [3.8, 4) is 0 Å². The largest absolute Gasteiger partial charge is 0.390 e. The van der Waals surface area contributed by atoms with Gasteiger partial charge in [0, 0.05) is 39.3 Å². The molecular formula is C18H26N2O3. The van der Waals surface area contributed by atoms with Crippen LogP contribution in [0.15, 0.2) is 30.3 Å². The molecule has 5 heteroatoms. The van der Waals surface area contributed by atoms with E-state index >= 15 is 0 Å². The van der Waals surface area contributed by atoms with Crippen LogP contribution in [0, 0.1) is 6.92 Å². The van der Waals surface area contributed by atoms with Crippen LogP contribution in [-0.2, 0) is 9.53 Å². The quantitative estimate of drug-likeness (QED) is 0.800. The van der Waals surface area contributed by atoms with Crippen LogP contribution >= 0.6 is 0 Å². The number of β-amino-alcohol motifs (C(OH)–C–C–N with tert-alkyl or cyclic N) is 1. The number of ether oxygens (including phenoxy) is 1. The van der Waals surface area contributed by atoms with E-state index in [4.69, 9.17) is 4.74 Å².